The number of carboxylic acids is 1. The highest BCUT2D eigenvalue weighted by Crippen LogP contribution is 2.16. The van der Waals surface area contributed by atoms with Crippen LogP contribution in [-0.2, 0) is 20.8 Å². The Morgan fingerprint density at radius 1 is 1.04 bits per heavy atom. The Labute approximate surface area is 142 Å². The molecule has 6 heteroatoms. The average molecular weight is 334 g/mol. The van der Waals surface area contributed by atoms with Gasteiger partial charge in [-0.05, 0) is 36.0 Å². The largest absolute Gasteiger partial charge is 0.480 e. The Bertz CT molecular complexity index is 567. The summed E-state index contributed by atoms with van der Waals surface area (Å²) in [5.74, 6) is -0.540. The minimum absolute atomic E-state index is 0.0184. The Morgan fingerprint density at radius 3 is 2.21 bits per heavy atom. The molecule has 0 heterocycles. The quantitative estimate of drug-likeness (QED) is 0.646. The monoisotopic (exact) mass is 334 g/mol. The number of carboxylic acid groups (broad SMARTS) is 1. The molecule has 0 aromatic heterocycles. The van der Waals surface area contributed by atoms with E-state index in [4.69, 9.17) is 5.11 Å². The summed E-state index contributed by atoms with van der Waals surface area (Å²) < 4.78 is 0. The summed E-state index contributed by atoms with van der Waals surface area (Å²) in [6.45, 7) is 5.96. The molecule has 1 aromatic carbocycles. The topological polar surface area (TPSA) is 95.5 Å². The van der Waals surface area contributed by atoms with Crippen molar-refractivity contribution in [1.29, 1.82) is 0 Å². The maximum atomic E-state index is 12.0. The van der Waals surface area contributed by atoms with Gasteiger partial charge < -0.3 is 15.7 Å². The molecule has 0 saturated carbocycles. The molecule has 0 aliphatic carbocycles. The molecule has 0 aliphatic heterocycles. The van der Waals surface area contributed by atoms with E-state index in [1.165, 1.54) is 0 Å². The molecule has 3 N–H and O–H groups in total. The van der Waals surface area contributed by atoms with Gasteiger partial charge in [0.2, 0.25) is 11.8 Å². The fraction of sp³-hybridized carbons (Fsp3) is 0.500. The van der Waals surface area contributed by atoms with E-state index in [0.29, 0.717) is 23.9 Å². The molecule has 0 saturated heterocycles. The maximum Gasteiger partial charge on any atom is 0.322 e. The highest BCUT2D eigenvalue weighted by Gasteiger charge is 2.11. The summed E-state index contributed by atoms with van der Waals surface area (Å²) in [4.78, 5) is 33.9. The van der Waals surface area contributed by atoms with Crippen molar-refractivity contribution < 1.29 is 19.5 Å². The van der Waals surface area contributed by atoms with E-state index in [-0.39, 0.29) is 24.8 Å². The van der Waals surface area contributed by atoms with Gasteiger partial charge in [-0.25, -0.2) is 0 Å². The van der Waals surface area contributed by atoms with Gasteiger partial charge in [-0.2, -0.15) is 0 Å². The van der Waals surface area contributed by atoms with Gasteiger partial charge in [-0.15, -0.1) is 0 Å². The number of anilines is 1. The van der Waals surface area contributed by atoms with Gasteiger partial charge in [0.05, 0.1) is 6.42 Å². The third kappa shape index (κ3) is 8.31. The van der Waals surface area contributed by atoms with E-state index in [0.717, 1.165) is 12.0 Å². The highest BCUT2D eigenvalue weighted by atomic mass is 16.4. The van der Waals surface area contributed by atoms with Crippen LogP contribution in [0.15, 0.2) is 24.3 Å². The van der Waals surface area contributed by atoms with Gasteiger partial charge in [0.25, 0.3) is 0 Å². The van der Waals surface area contributed by atoms with Crippen molar-refractivity contribution in [2.24, 2.45) is 11.8 Å². The molecule has 24 heavy (non-hydrogen) atoms. The van der Waals surface area contributed by atoms with Crippen LogP contribution in [0.5, 0.6) is 0 Å². The third-order valence-corrected chi connectivity index (χ3v) is 3.45. The number of nitrogens with one attached hydrogen (secondary N) is 2. The van der Waals surface area contributed by atoms with Crippen LogP contribution in [0.2, 0.25) is 0 Å². The lowest BCUT2D eigenvalue weighted by Gasteiger charge is -2.13. The second-order valence-corrected chi connectivity index (χ2v) is 6.53. The van der Waals surface area contributed by atoms with Crippen molar-refractivity contribution in [3.63, 3.8) is 0 Å². The molecular weight excluding hydrogens is 308 g/mol. The van der Waals surface area contributed by atoms with Crippen LogP contribution in [0.1, 0.15) is 39.2 Å². The minimum atomic E-state index is -1.08. The molecule has 6 nitrogen and oxygen atoms in total. The smallest absolute Gasteiger partial charge is 0.322 e. The first kappa shape index (κ1) is 19.7. The molecule has 1 rings (SSSR count). The fourth-order valence-corrected chi connectivity index (χ4v) is 2.54. The fourth-order valence-electron chi connectivity index (χ4n) is 2.54. The van der Waals surface area contributed by atoms with Crippen LogP contribution in [-0.4, -0.2) is 29.4 Å². The molecule has 1 unspecified atom stereocenters. The van der Waals surface area contributed by atoms with Gasteiger partial charge in [-0.3, -0.25) is 14.4 Å². The average Bonchev–Trinajstić information content (AvgIpc) is 2.46. The Balaban J connectivity index is 2.45. The summed E-state index contributed by atoms with van der Waals surface area (Å²) in [5.41, 5.74) is 1.44. The standard InChI is InChI=1S/C18H26N2O4/c1-12(2)8-13(3)9-17(22)20-15-6-4-14(5-7-15)10-16(21)19-11-18(23)24/h4-7,12-13H,8-11H2,1-3H3,(H,19,21)(H,20,22)(H,23,24). The Morgan fingerprint density at radius 2 is 1.67 bits per heavy atom. The van der Waals surface area contributed by atoms with Gasteiger partial charge in [0, 0.05) is 12.1 Å². The van der Waals surface area contributed by atoms with Crippen molar-refractivity contribution in [3.8, 4) is 0 Å². The zero-order valence-corrected chi connectivity index (χ0v) is 14.5. The van der Waals surface area contributed by atoms with E-state index in [2.05, 4.69) is 31.4 Å². The van der Waals surface area contributed by atoms with Crippen molar-refractivity contribution in [3.05, 3.63) is 29.8 Å². The summed E-state index contributed by atoms with van der Waals surface area (Å²) in [6, 6.07) is 6.97. The molecule has 1 aromatic rings. The first-order valence-electron chi connectivity index (χ1n) is 8.13. The van der Waals surface area contributed by atoms with Crippen molar-refractivity contribution in [2.45, 2.75) is 40.0 Å². The molecular formula is C18H26N2O4. The van der Waals surface area contributed by atoms with Crippen LogP contribution in [0.4, 0.5) is 5.69 Å². The lowest BCUT2D eigenvalue weighted by Crippen LogP contribution is -2.30. The van der Waals surface area contributed by atoms with E-state index in [9.17, 15) is 14.4 Å². The van der Waals surface area contributed by atoms with Crippen LogP contribution >= 0.6 is 0 Å². The van der Waals surface area contributed by atoms with Gasteiger partial charge in [0.15, 0.2) is 0 Å². The Kier molecular flexibility index (Phi) is 7.95. The highest BCUT2D eigenvalue weighted by molar-refractivity contribution is 5.91. The molecule has 1 atom stereocenters. The second-order valence-electron chi connectivity index (χ2n) is 6.53. The normalized spacial score (nSPS) is 11.8. The number of hydrogen-bond donors (Lipinski definition) is 3. The molecule has 132 valence electrons. The molecule has 0 aliphatic rings. The van der Waals surface area contributed by atoms with Crippen LogP contribution < -0.4 is 10.6 Å². The van der Waals surface area contributed by atoms with E-state index < -0.39 is 5.97 Å². The molecule has 0 radical (unpaired) electrons. The van der Waals surface area contributed by atoms with Crippen molar-refractivity contribution in [1.82, 2.24) is 5.32 Å². The predicted molar refractivity (Wildman–Crippen MR) is 92.7 cm³/mol. The Hall–Kier alpha value is -2.37. The second kappa shape index (κ2) is 9.70. The van der Waals surface area contributed by atoms with E-state index in [1.807, 2.05) is 0 Å². The summed E-state index contributed by atoms with van der Waals surface area (Å²) >= 11 is 0. The summed E-state index contributed by atoms with van der Waals surface area (Å²) in [6.07, 6.45) is 1.60. The third-order valence-electron chi connectivity index (χ3n) is 3.45. The summed E-state index contributed by atoms with van der Waals surface area (Å²) in [5, 5.41) is 13.7. The van der Waals surface area contributed by atoms with Gasteiger partial charge in [-0.1, -0.05) is 32.9 Å². The lowest BCUT2D eigenvalue weighted by molar-refractivity contribution is -0.137. The zero-order chi connectivity index (χ0) is 18.1. The van der Waals surface area contributed by atoms with Crippen LogP contribution in [0.3, 0.4) is 0 Å². The van der Waals surface area contributed by atoms with E-state index >= 15 is 0 Å². The number of benzene rings is 1. The number of amides is 2. The lowest BCUT2D eigenvalue weighted by atomic mass is 9.96. The number of carbonyl (C=O) groups is 3. The predicted octanol–water partition coefficient (Wildman–Crippen LogP) is 2.44. The van der Waals surface area contributed by atoms with Crippen LogP contribution in [0.25, 0.3) is 0 Å². The maximum absolute atomic E-state index is 12.0. The summed E-state index contributed by atoms with van der Waals surface area (Å²) in [7, 11) is 0. The number of carbonyl (C=O) groups excluding carboxylic acids is 2. The van der Waals surface area contributed by atoms with Crippen molar-refractivity contribution >= 4 is 23.5 Å². The number of hydrogen-bond acceptors (Lipinski definition) is 3. The minimum Gasteiger partial charge on any atom is -0.480 e. The number of rotatable bonds is 9. The molecule has 0 spiro atoms. The van der Waals surface area contributed by atoms with Crippen molar-refractivity contribution in [2.75, 3.05) is 11.9 Å². The van der Waals surface area contributed by atoms with Gasteiger partial charge in [0.1, 0.15) is 6.54 Å². The van der Waals surface area contributed by atoms with Crippen LogP contribution in [0, 0.1) is 11.8 Å². The first-order chi connectivity index (χ1) is 11.3. The molecule has 0 bridgehead atoms. The molecule has 0 fully saturated rings. The SMILES string of the molecule is CC(C)CC(C)CC(=O)Nc1ccc(CC(=O)NCC(=O)O)cc1. The van der Waals surface area contributed by atoms with Gasteiger partial charge >= 0.3 is 5.97 Å². The first-order valence-corrected chi connectivity index (χ1v) is 8.13. The molecule has 2 amide bonds. The number of aliphatic carboxylic acids is 1. The van der Waals surface area contributed by atoms with E-state index in [1.54, 1.807) is 24.3 Å². The zero-order valence-electron chi connectivity index (χ0n) is 14.5.